The molecule has 2 N–H and O–H groups in total. The highest BCUT2D eigenvalue weighted by atomic mass is 16.5. The summed E-state index contributed by atoms with van der Waals surface area (Å²) in [4.78, 5) is 29.4. The molecule has 0 aliphatic carbocycles. The summed E-state index contributed by atoms with van der Waals surface area (Å²) in [6.07, 6.45) is 5.00. The van der Waals surface area contributed by atoms with Gasteiger partial charge in [0.15, 0.2) is 5.82 Å². The molecule has 26 heavy (non-hydrogen) atoms. The van der Waals surface area contributed by atoms with E-state index in [9.17, 15) is 9.59 Å². The minimum absolute atomic E-state index is 0.239. The zero-order valence-electron chi connectivity index (χ0n) is 14.9. The number of methoxy groups -OCH3 is 1. The van der Waals surface area contributed by atoms with Crippen LogP contribution in [0.3, 0.4) is 0 Å². The largest absolute Gasteiger partial charge is 0.467 e. The van der Waals surface area contributed by atoms with Crippen molar-refractivity contribution in [2.24, 2.45) is 0 Å². The van der Waals surface area contributed by atoms with E-state index < -0.39 is 0 Å². The molecular formula is C18H24N4O4. The van der Waals surface area contributed by atoms with Crippen LogP contribution in [0.4, 0.5) is 0 Å². The van der Waals surface area contributed by atoms with E-state index in [0.717, 1.165) is 31.4 Å². The lowest BCUT2D eigenvalue weighted by molar-refractivity contribution is 0.0932. The molecule has 3 heterocycles. The van der Waals surface area contributed by atoms with Gasteiger partial charge in [0.2, 0.25) is 0 Å². The van der Waals surface area contributed by atoms with Crippen LogP contribution in [0.15, 0.2) is 22.8 Å². The van der Waals surface area contributed by atoms with Gasteiger partial charge in [0.1, 0.15) is 11.5 Å². The van der Waals surface area contributed by atoms with Crippen molar-refractivity contribution in [3.05, 3.63) is 41.4 Å². The normalized spacial score (nSPS) is 13.3. The first-order chi connectivity index (χ1) is 12.7. The first-order valence-electron chi connectivity index (χ1n) is 8.88. The Bertz CT molecular complexity index is 752. The maximum Gasteiger partial charge on any atom is 0.287 e. The Balaban J connectivity index is 1.72. The van der Waals surface area contributed by atoms with E-state index in [1.807, 2.05) is 4.57 Å². The Hall–Kier alpha value is -2.61. The lowest BCUT2D eigenvalue weighted by atomic mass is 10.1. The van der Waals surface area contributed by atoms with Crippen LogP contribution < -0.4 is 10.6 Å². The highest BCUT2D eigenvalue weighted by molar-refractivity contribution is 5.97. The van der Waals surface area contributed by atoms with Crippen LogP contribution in [-0.4, -0.2) is 41.6 Å². The summed E-state index contributed by atoms with van der Waals surface area (Å²) in [5.74, 6) is 0.410. The predicted octanol–water partition coefficient (Wildman–Crippen LogP) is 1.51. The fourth-order valence-electron chi connectivity index (χ4n) is 3.06. The number of ether oxygens (including phenoxy) is 1. The maximum atomic E-state index is 12.6. The molecule has 0 radical (unpaired) electrons. The summed E-state index contributed by atoms with van der Waals surface area (Å²) in [5, 5.41) is 5.65. The third-order valence-electron chi connectivity index (χ3n) is 4.35. The summed E-state index contributed by atoms with van der Waals surface area (Å²) >= 11 is 0. The molecule has 1 aliphatic rings. The second-order valence-corrected chi connectivity index (χ2v) is 6.20. The summed E-state index contributed by atoms with van der Waals surface area (Å²) in [7, 11) is 1.63. The Morgan fingerprint density at radius 2 is 2.19 bits per heavy atom. The van der Waals surface area contributed by atoms with Gasteiger partial charge in [0.05, 0.1) is 18.5 Å². The Morgan fingerprint density at radius 1 is 1.31 bits per heavy atom. The summed E-state index contributed by atoms with van der Waals surface area (Å²) in [6.45, 7) is 2.08. The Labute approximate surface area is 151 Å². The van der Waals surface area contributed by atoms with E-state index >= 15 is 0 Å². The molecule has 0 aromatic carbocycles. The van der Waals surface area contributed by atoms with Gasteiger partial charge in [0.25, 0.3) is 11.8 Å². The van der Waals surface area contributed by atoms with E-state index in [0.29, 0.717) is 31.2 Å². The standard InChI is InChI=1S/C18H24N4O4/c1-25-10-5-8-19-17(23)15-14-7-2-3-9-22(14)16(21-15)18(24)20-12-13-6-4-11-26-13/h4,6,11H,2-3,5,7-10,12H2,1H3,(H,19,23)(H,20,24). The van der Waals surface area contributed by atoms with Gasteiger partial charge in [-0.05, 0) is 37.8 Å². The second kappa shape index (κ2) is 8.66. The molecule has 2 aromatic heterocycles. The van der Waals surface area contributed by atoms with Gasteiger partial charge in [-0.2, -0.15) is 0 Å². The van der Waals surface area contributed by atoms with Crippen LogP contribution in [0.1, 0.15) is 51.8 Å². The molecule has 0 unspecified atom stereocenters. The molecule has 8 nitrogen and oxygen atoms in total. The summed E-state index contributed by atoms with van der Waals surface area (Å²) in [6, 6.07) is 3.56. The van der Waals surface area contributed by atoms with Gasteiger partial charge in [-0.1, -0.05) is 0 Å². The van der Waals surface area contributed by atoms with Crippen molar-refractivity contribution >= 4 is 11.8 Å². The lowest BCUT2D eigenvalue weighted by Crippen LogP contribution is -2.27. The predicted molar refractivity (Wildman–Crippen MR) is 93.9 cm³/mol. The van der Waals surface area contributed by atoms with E-state index in [2.05, 4.69) is 15.6 Å². The number of nitrogens with zero attached hydrogens (tertiary/aromatic N) is 2. The van der Waals surface area contributed by atoms with Crippen molar-refractivity contribution in [1.82, 2.24) is 20.2 Å². The van der Waals surface area contributed by atoms with Crippen LogP contribution in [0.5, 0.6) is 0 Å². The zero-order valence-corrected chi connectivity index (χ0v) is 14.9. The number of hydrogen-bond acceptors (Lipinski definition) is 5. The van der Waals surface area contributed by atoms with Crippen molar-refractivity contribution in [1.29, 1.82) is 0 Å². The Morgan fingerprint density at radius 3 is 2.96 bits per heavy atom. The van der Waals surface area contributed by atoms with Gasteiger partial charge in [-0.15, -0.1) is 0 Å². The Kier molecular flexibility index (Phi) is 6.06. The van der Waals surface area contributed by atoms with Gasteiger partial charge in [-0.25, -0.2) is 4.98 Å². The van der Waals surface area contributed by atoms with E-state index in [-0.39, 0.29) is 24.2 Å². The number of fused-ring (bicyclic) bond motifs is 1. The quantitative estimate of drug-likeness (QED) is 0.695. The van der Waals surface area contributed by atoms with Gasteiger partial charge in [0, 0.05) is 26.8 Å². The number of imidazole rings is 1. The maximum absolute atomic E-state index is 12.6. The fourth-order valence-corrected chi connectivity index (χ4v) is 3.06. The number of aromatic nitrogens is 2. The topological polar surface area (TPSA) is 98.4 Å². The van der Waals surface area contributed by atoms with Crippen molar-refractivity contribution in [2.45, 2.75) is 38.8 Å². The monoisotopic (exact) mass is 360 g/mol. The van der Waals surface area contributed by atoms with Crippen LogP contribution in [0.2, 0.25) is 0 Å². The molecule has 0 saturated carbocycles. The fraction of sp³-hybridized carbons (Fsp3) is 0.500. The summed E-state index contributed by atoms with van der Waals surface area (Å²) < 4.78 is 12.1. The SMILES string of the molecule is COCCCNC(=O)c1nc(C(=O)NCc2ccco2)n2c1CCCC2. The smallest absolute Gasteiger partial charge is 0.287 e. The first kappa shape index (κ1) is 18.2. The number of rotatable bonds is 8. The third kappa shape index (κ3) is 4.13. The van der Waals surface area contributed by atoms with Gasteiger partial charge >= 0.3 is 0 Å². The number of furan rings is 1. The van der Waals surface area contributed by atoms with E-state index in [4.69, 9.17) is 9.15 Å². The molecule has 2 aromatic rings. The molecule has 0 fully saturated rings. The average molecular weight is 360 g/mol. The van der Waals surface area contributed by atoms with Crippen molar-refractivity contribution < 1.29 is 18.7 Å². The van der Waals surface area contributed by atoms with Gasteiger partial charge < -0.3 is 24.4 Å². The van der Waals surface area contributed by atoms with Gasteiger partial charge in [-0.3, -0.25) is 9.59 Å². The molecule has 2 amide bonds. The number of carbonyl (C=O) groups excluding carboxylic acids is 2. The molecule has 3 rings (SSSR count). The molecule has 0 atom stereocenters. The van der Waals surface area contributed by atoms with Crippen LogP contribution in [0, 0.1) is 0 Å². The van der Waals surface area contributed by atoms with Crippen LogP contribution >= 0.6 is 0 Å². The molecular weight excluding hydrogens is 336 g/mol. The highest BCUT2D eigenvalue weighted by Crippen LogP contribution is 2.21. The molecule has 0 bridgehead atoms. The lowest BCUT2D eigenvalue weighted by Gasteiger charge is -2.17. The second-order valence-electron chi connectivity index (χ2n) is 6.20. The van der Waals surface area contributed by atoms with E-state index in [1.165, 1.54) is 0 Å². The average Bonchev–Trinajstić information content (AvgIpc) is 3.31. The van der Waals surface area contributed by atoms with Crippen LogP contribution in [0.25, 0.3) is 0 Å². The number of nitrogens with one attached hydrogen (secondary N) is 2. The minimum atomic E-state index is -0.303. The molecule has 1 aliphatic heterocycles. The first-order valence-corrected chi connectivity index (χ1v) is 8.88. The molecule has 0 spiro atoms. The third-order valence-corrected chi connectivity index (χ3v) is 4.35. The molecule has 0 saturated heterocycles. The highest BCUT2D eigenvalue weighted by Gasteiger charge is 2.27. The number of hydrogen-bond donors (Lipinski definition) is 2. The number of amides is 2. The molecule has 8 heteroatoms. The van der Waals surface area contributed by atoms with Crippen molar-refractivity contribution in [3.8, 4) is 0 Å². The minimum Gasteiger partial charge on any atom is -0.467 e. The van der Waals surface area contributed by atoms with Crippen molar-refractivity contribution in [3.63, 3.8) is 0 Å². The zero-order chi connectivity index (χ0) is 18.4. The number of carbonyl (C=O) groups is 2. The van der Waals surface area contributed by atoms with Crippen LogP contribution in [-0.2, 0) is 24.2 Å². The van der Waals surface area contributed by atoms with Crippen molar-refractivity contribution in [2.75, 3.05) is 20.3 Å². The molecule has 140 valence electrons. The van der Waals surface area contributed by atoms with E-state index in [1.54, 1.807) is 25.5 Å². The summed E-state index contributed by atoms with van der Waals surface area (Å²) in [5.41, 5.74) is 1.19.